The van der Waals surface area contributed by atoms with E-state index in [4.69, 9.17) is 5.73 Å². The number of H-pyrrole nitrogens is 1. The number of rotatable bonds is 4. The summed E-state index contributed by atoms with van der Waals surface area (Å²) in [5.74, 6) is 0.371. The zero-order valence-corrected chi connectivity index (χ0v) is 10.3. The van der Waals surface area contributed by atoms with E-state index in [1.807, 2.05) is 6.92 Å². The number of aryl methyl sites for hydroxylation is 1. The van der Waals surface area contributed by atoms with Gasteiger partial charge in [-0.15, -0.1) is 0 Å². The number of aromatic nitrogens is 5. The van der Waals surface area contributed by atoms with Crippen LogP contribution in [0.3, 0.4) is 0 Å². The normalized spacial score (nSPS) is 10.6. The maximum Gasteiger partial charge on any atom is 0.276 e. The molecule has 2 aromatic rings. The first-order valence-corrected chi connectivity index (χ1v) is 5.54. The summed E-state index contributed by atoms with van der Waals surface area (Å²) in [6.45, 7) is 2.93. The quantitative estimate of drug-likeness (QED) is 0.785. The highest BCUT2D eigenvalue weighted by Gasteiger charge is 2.19. The summed E-state index contributed by atoms with van der Waals surface area (Å²) >= 11 is 0. The van der Waals surface area contributed by atoms with E-state index >= 15 is 0 Å². The number of nitrogens with one attached hydrogen (secondary N) is 1. The van der Waals surface area contributed by atoms with Gasteiger partial charge in [-0.1, -0.05) is 0 Å². The Bertz CT molecular complexity index is 530. The van der Waals surface area contributed by atoms with E-state index in [9.17, 15) is 4.79 Å². The minimum atomic E-state index is -0.240. The summed E-state index contributed by atoms with van der Waals surface area (Å²) in [6.07, 6.45) is 3.04. The first kappa shape index (κ1) is 12.1. The number of hydrogen-bond acceptors (Lipinski definition) is 5. The van der Waals surface area contributed by atoms with Crippen LogP contribution in [0.1, 0.15) is 23.2 Å². The number of nitrogens with zero attached hydrogens (tertiary/aromatic N) is 5. The molecule has 1 amide bonds. The fraction of sp³-hybridized carbons (Fsp3) is 0.400. The Balaban J connectivity index is 2.12. The van der Waals surface area contributed by atoms with E-state index in [0.717, 1.165) is 0 Å². The minimum absolute atomic E-state index is 0.240. The predicted molar refractivity (Wildman–Crippen MR) is 64.5 cm³/mol. The van der Waals surface area contributed by atoms with Crippen LogP contribution >= 0.6 is 0 Å². The Morgan fingerprint density at radius 2 is 2.39 bits per heavy atom. The van der Waals surface area contributed by atoms with Gasteiger partial charge >= 0.3 is 0 Å². The third-order valence-corrected chi connectivity index (χ3v) is 2.52. The molecule has 2 aromatic heterocycles. The zero-order valence-electron chi connectivity index (χ0n) is 10.3. The standard InChI is InChI=1S/C10H15N7O/c1-3-17-4-7(11)9(15-17)10(18)16(2)5-8-12-6-13-14-8/h4,6H,3,5,11H2,1-2H3,(H,12,13,14). The lowest BCUT2D eigenvalue weighted by molar-refractivity contribution is 0.0776. The molecule has 0 radical (unpaired) electrons. The number of nitrogens with two attached hydrogens (primary N) is 1. The summed E-state index contributed by atoms with van der Waals surface area (Å²) < 4.78 is 1.63. The van der Waals surface area contributed by atoms with Crippen molar-refractivity contribution in [2.75, 3.05) is 12.8 Å². The summed E-state index contributed by atoms with van der Waals surface area (Å²) in [5.41, 5.74) is 6.41. The molecule has 0 saturated carbocycles. The maximum absolute atomic E-state index is 12.1. The van der Waals surface area contributed by atoms with Gasteiger partial charge in [-0.25, -0.2) is 4.98 Å². The highest BCUT2D eigenvalue weighted by atomic mass is 16.2. The van der Waals surface area contributed by atoms with E-state index in [1.54, 1.807) is 17.9 Å². The number of aromatic amines is 1. The van der Waals surface area contributed by atoms with Crippen LogP contribution in [-0.4, -0.2) is 42.8 Å². The van der Waals surface area contributed by atoms with E-state index in [0.29, 0.717) is 24.6 Å². The molecule has 0 unspecified atom stereocenters. The van der Waals surface area contributed by atoms with Crippen molar-refractivity contribution in [1.82, 2.24) is 29.9 Å². The second-order valence-electron chi connectivity index (χ2n) is 3.88. The Morgan fingerprint density at radius 3 is 2.94 bits per heavy atom. The van der Waals surface area contributed by atoms with Crippen molar-refractivity contribution in [3.63, 3.8) is 0 Å². The number of amides is 1. The van der Waals surface area contributed by atoms with E-state index < -0.39 is 0 Å². The molecule has 0 aliphatic carbocycles. The molecular formula is C10H15N7O. The van der Waals surface area contributed by atoms with E-state index in [1.165, 1.54) is 11.2 Å². The van der Waals surface area contributed by atoms with Crippen molar-refractivity contribution in [3.8, 4) is 0 Å². The average molecular weight is 249 g/mol. The van der Waals surface area contributed by atoms with Gasteiger partial charge in [-0.2, -0.15) is 10.2 Å². The van der Waals surface area contributed by atoms with Crippen LogP contribution in [0.15, 0.2) is 12.5 Å². The zero-order chi connectivity index (χ0) is 13.1. The summed E-state index contributed by atoms with van der Waals surface area (Å²) in [4.78, 5) is 17.6. The van der Waals surface area contributed by atoms with Gasteiger partial charge < -0.3 is 10.6 Å². The Labute approximate surface area is 104 Å². The first-order valence-electron chi connectivity index (χ1n) is 5.54. The lowest BCUT2D eigenvalue weighted by Crippen LogP contribution is -2.28. The SMILES string of the molecule is CCn1cc(N)c(C(=O)N(C)Cc2ncn[nH]2)n1. The lowest BCUT2D eigenvalue weighted by Gasteiger charge is -2.14. The van der Waals surface area contributed by atoms with Crippen LogP contribution in [0.5, 0.6) is 0 Å². The molecule has 0 aliphatic heterocycles. The molecule has 96 valence electrons. The largest absolute Gasteiger partial charge is 0.396 e. The van der Waals surface area contributed by atoms with Crippen LogP contribution < -0.4 is 5.73 Å². The van der Waals surface area contributed by atoms with Gasteiger partial charge in [0.05, 0.1) is 12.2 Å². The third-order valence-electron chi connectivity index (χ3n) is 2.52. The summed E-state index contributed by atoms with van der Waals surface area (Å²) in [5, 5.41) is 10.6. The van der Waals surface area contributed by atoms with Crippen molar-refractivity contribution in [2.45, 2.75) is 20.0 Å². The van der Waals surface area contributed by atoms with Crippen molar-refractivity contribution in [3.05, 3.63) is 24.0 Å². The molecule has 2 heterocycles. The minimum Gasteiger partial charge on any atom is -0.396 e. The van der Waals surface area contributed by atoms with Crippen molar-refractivity contribution in [2.24, 2.45) is 0 Å². The smallest absolute Gasteiger partial charge is 0.276 e. The molecule has 0 spiro atoms. The molecule has 8 heteroatoms. The van der Waals surface area contributed by atoms with Gasteiger partial charge in [0, 0.05) is 19.8 Å². The van der Waals surface area contributed by atoms with Crippen molar-refractivity contribution >= 4 is 11.6 Å². The first-order chi connectivity index (χ1) is 8.61. The van der Waals surface area contributed by atoms with Crippen molar-refractivity contribution < 1.29 is 4.79 Å². The monoisotopic (exact) mass is 249 g/mol. The van der Waals surface area contributed by atoms with Crippen LogP contribution in [0.25, 0.3) is 0 Å². The lowest BCUT2D eigenvalue weighted by atomic mass is 10.3. The molecule has 3 N–H and O–H groups in total. The molecule has 0 aliphatic rings. The van der Waals surface area contributed by atoms with Gasteiger partial charge in [-0.05, 0) is 6.92 Å². The van der Waals surface area contributed by atoms with Crippen LogP contribution in [-0.2, 0) is 13.1 Å². The molecule has 0 atom stereocenters. The number of anilines is 1. The molecule has 0 saturated heterocycles. The summed E-state index contributed by atoms with van der Waals surface area (Å²) in [7, 11) is 1.66. The van der Waals surface area contributed by atoms with Gasteiger partial charge in [-0.3, -0.25) is 14.6 Å². The second-order valence-corrected chi connectivity index (χ2v) is 3.88. The number of nitrogen functional groups attached to an aromatic ring is 1. The molecule has 2 rings (SSSR count). The van der Waals surface area contributed by atoms with E-state index in [-0.39, 0.29) is 11.6 Å². The molecular weight excluding hydrogens is 234 g/mol. The van der Waals surface area contributed by atoms with Gasteiger partial charge in [0.25, 0.3) is 5.91 Å². The van der Waals surface area contributed by atoms with Crippen LogP contribution in [0.2, 0.25) is 0 Å². The molecule has 0 aromatic carbocycles. The van der Waals surface area contributed by atoms with Gasteiger partial charge in [0.2, 0.25) is 0 Å². The third kappa shape index (κ3) is 2.31. The fourth-order valence-electron chi connectivity index (χ4n) is 1.55. The van der Waals surface area contributed by atoms with Crippen LogP contribution in [0, 0.1) is 0 Å². The predicted octanol–water partition coefficient (Wildman–Crippen LogP) is -0.124. The Kier molecular flexibility index (Phi) is 3.26. The average Bonchev–Trinajstić information content (AvgIpc) is 2.97. The molecule has 8 nitrogen and oxygen atoms in total. The number of hydrogen-bond donors (Lipinski definition) is 2. The van der Waals surface area contributed by atoms with E-state index in [2.05, 4.69) is 20.3 Å². The Hall–Kier alpha value is -2.38. The second kappa shape index (κ2) is 4.86. The van der Waals surface area contributed by atoms with Gasteiger partial charge in [0.15, 0.2) is 5.69 Å². The number of carbonyl (C=O) groups excluding carboxylic acids is 1. The van der Waals surface area contributed by atoms with Crippen LogP contribution in [0.4, 0.5) is 5.69 Å². The van der Waals surface area contributed by atoms with Gasteiger partial charge in [0.1, 0.15) is 12.2 Å². The molecule has 0 fully saturated rings. The summed E-state index contributed by atoms with van der Waals surface area (Å²) in [6, 6.07) is 0. The molecule has 0 bridgehead atoms. The maximum atomic E-state index is 12.1. The Morgan fingerprint density at radius 1 is 1.61 bits per heavy atom. The highest BCUT2D eigenvalue weighted by molar-refractivity contribution is 5.96. The topological polar surface area (TPSA) is 106 Å². The number of carbonyl (C=O) groups is 1. The highest BCUT2D eigenvalue weighted by Crippen LogP contribution is 2.12. The molecule has 18 heavy (non-hydrogen) atoms. The fourth-order valence-corrected chi connectivity index (χ4v) is 1.55. The van der Waals surface area contributed by atoms with Crippen molar-refractivity contribution in [1.29, 1.82) is 0 Å².